The zero-order valence-corrected chi connectivity index (χ0v) is 12.9. The Bertz CT molecular complexity index is 640. The number of rotatable bonds is 5. The van der Waals surface area contributed by atoms with Gasteiger partial charge in [0.1, 0.15) is 23.3 Å². The van der Waals surface area contributed by atoms with Gasteiger partial charge in [-0.2, -0.15) is 0 Å². The molecule has 0 aliphatic rings. The van der Waals surface area contributed by atoms with Crippen LogP contribution in [0.1, 0.15) is 30.3 Å². The van der Waals surface area contributed by atoms with E-state index >= 15 is 0 Å². The Morgan fingerprint density at radius 3 is 2.52 bits per heavy atom. The molecular formula is C16H21FN4. The Kier molecular flexibility index (Phi) is 4.73. The molecule has 2 N–H and O–H groups in total. The van der Waals surface area contributed by atoms with Gasteiger partial charge < -0.3 is 10.6 Å². The molecular weight excluding hydrogens is 267 g/mol. The van der Waals surface area contributed by atoms with Crippen molar-refractivity contribution in [3.63, 3.8) is 0 Å². The lowest BCUT2D eigenvalue weighted by Gasteiger charge is -2.14. The first-order chi connectivity index (χ1) is 10.0. The molecule has 0 unspecified atom stereocenters. The number of hydrogen-bond acceptors (Lipinski definition) is 4. The van der Waals surface area contributed by atoms with Crippen LogP contribution >= 0.6 is 0 Å². The van der Waals surface area contributed by atoms with Crippen LogP contribution in [0.3, 0.4) is 0 Å². The van der Waals surface area contributed by atoms with Gasteiger partial charge in [-0.05, 0) is 44.9 Å². The molecule has 0 amide bonds. The minimum absolute atomic E-state index is 0.292. The van der Waals surface area contributed by atoms with Gasteiger partial charge in [-0.25, -0.2) is 14.4 Å². The molecule has 0 bridgehead atoms. The summed E-state index contributed by atoms with van der Waals surface area (Å²) in [6.07, 6.45) is 1.01. The second kappa shape index (κ2) is 6.52. The number of halogens is 1. The summed E-state index contributed by atoms with van der Waals surface area (Å²) in [6, 6.07) is 4.97. The zero-order chi connectivity index (χ0) is 15.4. The molecule has 4 nitrogen and oxygen atoms in total. The Hall–Kier alpha value is -2.17. The molecule has 1 aromatic carbocycles. The first-order valence-corrected chi connectivity index (χ1v) is 7.13. The maximum atomic E-state index is 13.9. The van der Waals surface area contributed by atoms with Crippen molar-refractivity contribution < 1.29 is 4.39 Å². The van der Waals surface area contributed by atoms with E-state index in [-0.39, 0.29) is 5.82 Å². The summed E-state index contributed by atoms with van der Waals surface area (Å²) in [5, 5.41) is 6.34. The number of nitrogens with zero attached hydrogens (tertiary/aromatic N) is 2. The maximum absolute atomic E-state index is 13.9. The fraction of sp³-hybridized carbons (Fsp3) is 0.375. The van der Waals surface area contributed by atoms with E-state index in [9.17, 15) is 4.39 Å². The molecule has 0 aliphatic heterocycles. The molecule has 112 valence electrons. The zero-order valence-electron chi connectivity index (χ0n) is 12.9. The Morgan fingerprint density at radius 1 is 1.10 bits per heavy atom. The number of aromatic nitrogens is 2. The fourth-order valence-corrected chi connectivity index (χ4v) is 2.03. The van der Waals surface area contributed by atoms with Crippen LogP contribution in [0.5, 0.6) is 0 Å². The highest BCUT2D eigenvalue weighted by Gasteiger charge is 2.11. The summed E-state index contributed by atoms with van der Waals surface area (Å²) in [5.41, 5.74) is 2.30. The number of aryl methyl sites for hydroxylation is 2. The monoisotopic (exact) mass is 288 g/mol. The maximum Gasteiger partial charge on any atom is 0.146 e. The summed E-state index contributed by atoms with van der Waals surface area (Å²) in [6.45, 7) is 8.62. The van der Waals surface area contributed by atoms with Crippen LogP contribution in [0.15, 0.2) is 18.2 Å². The normalized spacial score (nSPS) is 10.5. The van der Waals surface area contributed by atoms with Crippen molar-refractivity contribution in [1.29, 1.82) is 0 Å². The molecule has 0 saturated carbocycles. The number of anilines is 3. The summed E-state index contributed by atoms with van der Waals surface area (Å²) in [4.78, 5) is 8.78. The molecule has 21 heavy (non-hydrogen) atoms. The predicted molar refractivity (Wildman–Crippen MR) is 84.7 cm³/mol. The molecule has 0 radical (unpaired) electrons. The smallest absolute Gasteiger partial charge is 0.146 e. The predicted octanol–water partition coefficient (Wildman–Crippen LogP) is 4.11. The van der Waals surface area contributed by atoms with Crippen LogP contribution in [0, 0.1) is 26.6 Å². The largest absolute Gasteiger partial charge is 0.370 e. The summed E-state index contributed by atoms with van der Waals surface area (Å²) >= 11 is 0. The molecule has 5 heteroatoms. The van der Waals surface area contributed by atoms with Crippen molar-refractivity contribution in [3.05, 3.63) is 41.0 Å². The molecule has 2 aromatic rings. The lowest BCUT2D eigenvalue weighted by atomic mass is 10.2. The fourth-order valence-electron chi connectivity index (χ4n) is 2.03. The summed E-state index contributed by atoms with van der Waals surface area (Å²) in [7, 11) is 0. The quantitative estimate of drug-likeness (QED) is 0.869. The molecule has 0 fully saturated rings. The van der Waals surface area contributed by atoms with Crippen LogP contribution < -0.4 is 10.6 Å². The average Bonchev–Trinajstić information content (AvgIpc) is 2.44. The van der Waals surface area contributed by atoms with Crippen molar-refractivity contribution in [3.8, 4) is 0 Å². The van der Waals surface area contributed by atoms with Gasteiger partial charge in [0.25, 0.3) is 0 Å². The van der Waals surface area contributed by atoms with Gasteiger partial charge in [-0.15, -0.1) is 0 Å². The van der Waals surface area contributed by atoms with Gasteiger partial charge in [0.15, 0.2) is 0 Å². The lowest BCUT2D eigenvalue weighted by molar-refractivity contribution is 0.631. The molecule has 0 spiro atoms. The SMILES string of the molecule is CCCNc1nc(C)nc(Nc2cc(C)ccc2F)c1C. The molecule has 1 heterocycles. The highest BCUT2D eigenvalue weighted by atomic mass is 19.1. The molecule has 0 aliphatic carbocycles. The number of nitrogens with one attached hydrogen (secondary N) is 2. The van der Waals surface area contributed by atoms with E-state index in [0.29, 0.717) is 17.3 Å². The molecule has 2 rings (SSSR count). The molecule has 0 atom stereocenters. The van der Waals surface area contributed by atoms with Crippen LogP contribution in [0.25, 0.3) is 0 Å². The third kappa shape index (κ3) is 3.68. The van der Waals surface area contributed by atoms with Crippen molar-refractivity contribution in [2.24, 2.45) is 0 Å². The van der Waals surface area contributed by atoms with E-state index in [1.807, 2.05) is 20.8 Å². The van der Waals surface area contributed by atoms with Gasteiger partial charge in [0, 0.05) is 12.1 Å². The average molecular weight is 288 g/mol. The van der Waals surface area contributed by atoms with Crippen molar-refractivity contribution >= 4 is 17.3 Å². The lowest BCUT2D eigenvalue weighted by Crippen LogP contribution is -2.09. The third-order valence-electron chi connectivity index (χ3n) is 3.18. The van der Waals surface area contributed by atoms with Crippen molar-refractivity contribution in [2.45, 2.75) is 34.1 Å². The number of hydrogen-bond donors (Lipinski definition) is 2. The topological polar surface area (TPSA) is 49.8 Å². The molecule has 1 aromatic heterocycles. The van der Waals surface area contributed by atoms with Crippen LogP contribution in [-0.2, 0) is 0 Å². The second-order valence-corrected chi connectivity index (χ2v) is 5.13. The van der Waals surface area contributed by atoms with Crippen LogP contribution in [0.2, 0.25) is 0 Å². The summed E-state index contributed by atoms with van der Waals surface area (Å²) in [5.74, 6) is 1.78. The van der Waals surface area contributed by atoms with Crippen molar-refractivity contribution in [1.82, 2.24) is 9.97 Å². The molecule has 0 saturated heterocycles. The highest BCUT2D eigenvalue weighted by Crippen LogP contribution is 2.25. The first kappa shape index (κ1) is 15.2. The van der Waals surface area contributed by atoms with Gasteiger partial charge >= 0.3 is 0 Å². The Labute approximate surface area is 124 Å². The van der Waals surface area contributed by atoms with Gasteiger partial charge in [0.05, 0.1) is 5.69 Å². The third-order valence-corrected chi connectivity index (χ3v) is 3.18. The van der Waals surface area contributed by atoms with E-state index in [4.69, 9.17) is 0 Å². The minimum atomic E-state index is -0.292. The highest BCUT2D eigenvalue weighted by molar-refractivity contribution is 5.65. The number of benzene rings is 1. The van der Waals surface area contributed by atoms with Crippen LogP contribution in [0.4, 0.5) is 21.7 Å². The van der Waals surface area contributed by atoms with Gasteiger partial charge in [-0.3, -0.25) is 0 Å². The Balaban J connectivity index is 2.35. The van der Waals surface area contributed by atoms with E-state index in [1.54, 1.807) is 12.1 Å². The van der Waals surface area contributed by atoms with Gasteiger partial charge in [0.2, 0.25) is 0 Å². The van der Waals surface area contributed by atoms with Gasteiger partial charge in [-0.1, -0.05) is 13.0 Å². The standard InChI is InChI=1S/C16H21FN4/c1-5-8-18-15-11(3)16(20-12(4)19-15)21-14-9-10(2)6-7-13(14)17/h6-7,9H,5,8H2,1-4H3,(H2,18,19,20,21). The van der Waals surface area contributed by atoms with E-state index in [0.717, 1.165) is 29.9 Å². The summed E-state index contributed by atoms with van der Waals surface area (Å²) < 4.78 is 13.9. The van der Waals surface area contributed by atoms with Crippen molar-refractivity contribution in [2.75, 3.05) is 17.2 Å². The van der Waals surface area contributed by atoms with Crippen LogP contribution in [-0.4, -0.2) is 16.5 Å². The second-order valence-electron chi connectivity index (χ2n) is 5.13. The van der Waals surface area contributed by atoms with E-state index in [1.165, 1.54) is 6.07 Å². The van der Waals surface area contributed by atoms with E-state index in [2.05, 4.69) is 27.5 Å². The Morgan fingerprint density at radius 2 is 1.81 bits per heavy atom. The minimum Gasteiger partial charge on any atom is -0.370 e. The van der Waals surface area contributed by atoms with E-state index < -0.39 is 0 Å². The first-order valence-electron chi connectivity index (χ1n) is 7.13.